The summed E-state index contributed by atoms with van der Waals surface area (Å²) < 4.78 is 4.43. The summed E-state index contributed by atoms with van der Waals surface area (Å²) in [4.78, 5) is 22.7. The van der Waals surface area contributed by atoms with Crippen LogP contribution >= 0.6 is 0 Å². The van der Waals surface area contributed by atoms with Gasteiger partial charge in [0, 0.05) is 24.9 Å². The molecule has 0 aromatic heterocycles. The number of rotatable bonds is 1. The Kier molecular flexibility index (Phi) is 3.33. The molecular formula is C8H12N2O4. The Morgan fingerprint density at radius 1 is 1.64 bits per heavy atom. The molecule has 1 heterocycles. The first-order valence-electron chi connectivity index (χ1n) is 4.13. The Labute approximate surface area is 81.1 Å². The highest BCUT2D eigenvalue weighted by Gasteiger charge is 2.18. The Balaban J connectivity index is 2.60. The van der Waals surface area contributed by atoms with Crippen LogP contribution in [0.5, 0.6) is 0 Å². The van der Waals surface area contributed by atoms with Gasteiger partial charge < -0.3 is 20.1 Å². The SMILES string of the molecule is COC(=O)C=C1CN(C(=O)O)CCN1. The molecule has 1 aliphatic rings. The quantitative estimate of drug-likeness (QED) is 0.446. The maximum Gasteiger partial charge on any atom is 0.407 e. The summed E-state index contributed by atoms with van der Waals surface area (Å²) in [6.07, 6.45) is 0.275. The first kappa shape index (κ1) is 10.4. The first-order chi connectivity index (χ1) is 6.63. The lowest BCUT2D eigenvalue weighted by atomic mass is 10.3. The second-order valence-electron chi connectivity index (χ2n) is 2.82. The van der Waals surface area contributed by atoms with Crippen molar-refractivity contribution in [1.82, 2.24) is 10.2 Å². The molecular weight excluding hydrogens is 188 g/mol. The molecule has 1 rings (SSSR count). The van der Waals surface area contributed by atoms with Crippen LogP contribution in [-0.2, 0) is 9.53 Å². The van der Waals surface area contributed by atoms with Gasteiger partial charge in [0.2, 0.25) is 0 Å². The molecule has 0 aromatic rings. The molecule has 1 amide bonds. The Morgan fingerprint density at radius 3 is 2.93 bits per heavy atom. The number of nitrogens with one attached hydrogen (secondary N) is 1. The van der Waals surface area contributed by atoms with E-state index in [1.54, 1.807) is 0 Å². The molecule has 0 bridgehead atoms. The molecule has 78 valence electrons. The predicted octanol–water partition coefficient (Wildman–Crippen LogP) is -0.373. The van der Waals surface area contributed by atoms with E-state index >= 15 is 0 Å². The van der Waals surface area contributed by atoms with Crippen molar-refractivity contribution in [1.29, 1.82) is 0 Å². The van der Waals surface area contributed by atoms with Crippen LogP contribution in [0.2, 0.25) is 0 Å². The van der Waals surface area contributed by atoms with E-state index in [9.17, 15) is 9.59 Å². The molecule has 0 unspecified atom stereocenters. The van der Waals surface area contributed by atoms with Crippen molar-refractivity contribution in [3.8, 4) is 0 Å². The van der Waals surface area contributed by atoms with E-state index in [-0.39, 0.29) is 6.54 Å². The highest BCUT2D eigenvalue weighted by molar-refractivity contribution is 5.82. The Hall–Kier alpha value is -1.72. The smallest absolute Gasteiger partial charge is 0.407 e. The molecule has 0 radical (unpaired) electrons. The normalized spacial score (nSPS) is 18.9. The van der Waals surface area contributed by atoms with Gasteiger partial charge in [-0.2, -0.15) is 0 Å². The van der Waals surface area contributed by atoms with Gasteiger partial charge in [0.25, 0.3) is 0 Å². The third-order valence-electron chi connectivity index (χ3n) is 1.86. The van der Waals surface area contributed by atoms with Gasteiger partial charge in [-0.3, -0.25) is 0 Å². The minimum atomic E-state index is -0.984. The number of carbonyl (C=O) groups is 2. The number of methoxy groups -OCH3 is 1. The zero-order valence-corrected chi connectivity index (χ0v) is 7.82. The molecule has 0 aliphatic carbocycles. The van der Waals surface area contributed by atoms with E-state index in [1.807, 2.05) is 0 Å². The molecule has 6 nitrogen and oxygen atoms in total. The molecule has 0 saturated carbocycles. The molecule has 0 aromatic carbocycles. The average Bonchev–Trinajstić information content (AvgIpc) is 2.18. The van der Waals surface area contributed by atoms with Crippen molar-refractivity contribution >= 4 is 12.1 Å². The van der Waals surface area contributed by atoms with Gasteiger partial charge in [-0.1, -0.05) is 0 Å². The van der Waals surface area contributed by atoms with Gasteiger partial charge in [0.05, 0.1) is 13.7 Å². The first-order valence-corrected chi connectivity index (χ1v) is 4.13. The van der Waals surface area contributed by atoms with E-state index in [0.717, 1.165) is 0 Å². The molecule has 1 fully saturated rings. The minimum Gasteiger partial charge on any atom is -0.466 e. The number of esters is 1. The standard InChI is InChI=1S/C8H12N2O4/c1-14-7(11)4-6-5-10(8(12)13)3-2-9-6/h4,9H,2-3,5H2,1H3,(H,12,13). The molecule has 6 heteroatoms. The lowest BCUT2D eigenvalue weighted by Gasteiger charge is -2.27. The summed E-state index contributed by atoms with van der Waals surface area (Å²) in [5.41, 5.74) is 0.561. The van der Waals surface area contributed by atoms with E-state index in [0.29, 0.717) is 18.8 Å². The lowest BCUT2D eigenvalue weighted by molar-refractivity contribution is -0.134. The van der Waals surface area contributed by atoms with Gasteiger partial charge in [0.1, 0.15) is 0 Å². The number of piperazine rings is 1. The summed E-state index contributed by atoms with van der Waals surface area (Å²) in [6, 6.07) is 0. The largest absolute Gasteiger partial charge is 0.466 e. The van der Waals surface area contributed by atoms with Crippen LogP contribution in [-0.4, -0.2) is 48.8 Å². The predicted molar refractivity (Wildman–Crippen MR) is 47.7 cm³/mol. The summed E-state index contributed by atoms with van der Waals surface area (Å²) >= 11 is 0. The maximum atomic E-state index is 10.9. The molecule has 1 aliphatic heterocycles. The number of amides is 1. The Bertz CT molecular complexity index is 275. The number of ether oxygens (including phenoxy) is 1. The molecule has 14 heavy (non-hydrogen) atoms. The fourth-order valence-electron chi connectivity index (χ4n) is 1.15. The fourth-order valence-corrected chi connectivity index (χ4v) is 1.15. The molecule has 0 atom stereocenters. The van der Waals surface area contributed by atoms with Crippen LogP contribution in [0.15, 0.2) is 11.8 Å². The monoisotopic (exact) mass is 200 g/mol. The van der Waals surface area contributed by atoms with Crippen molar-refractivity contribution < 1.29 is 19.4 Å². The number of carbonyl (C=O) groups excluding carboxylic acids is 1. The van der Waals surface area contributed by atoms with Gasteiger partial charge >= 0.3 is 12.1 Å². The second-order valence-corrected chi connectivity index (χ2v) is 2.82. The summed E-state index contributed by atoms with van der Waals surface area (Å²) in [7, 11) is 1.27. The van der Waals surface area contributed by atoms with Gasteiger partial charge in [0.15, 0.2) is 0 Å². The number of carboxylic acid groups (broad SMARTS) is 1. The van der Waals surface area contributed by atoms with Crippen LogP contribution in [0, 0.1) is 0 Å². The summed E-state index contributed by atoms with van der Waals surface area (Å²) in [5.74, 6) is -0.486. The maximum absolute atomic E-state index is 10.9. The van der Waals surface area contributed by atoms with Crippen LogP contribution < -0.4 is 5.32 Å². The molecule has 2 N–H and O–H groups in total. The highest BCUT2D eigenvalue weighted by atomic mass is 16.5. The number of nitrogens with zero attached hydrogens (tertiary/aromatic N) is 1. The zero-order chi connectivity index (χ0) is 10.6. The molecule has 1 saturated heterocycles. The van der Waals surface area contributed by atoms with Gasteiger partial charge in [-0.25, -0.2) is 9.59 Å². The average molecular weight is 200 g/mol. The van der Waals surface area contributed by atoms with Crippen molar-refractivity contribution in [3.05, 3.63) is 11.8 Å². The van der Waals surface area contributed by atoms with Crippen molar-refractivity contribution in [3.63, 3.8) is 0 Å². The van der Waals surface area contributed by atoms with E-state index < -0.39 is 12.1 Å². The topological polar surface area (TPSA) is 78.9 Å². The summed E-state index contributed by atoms with van der Waals surface area (Å²) in [6.45, 7) is 1.13. The van der Waals surface area contributed by atoms with Crippen molar-refractivity contribution in [2.45, 2.75) is 0 Å². The van der Waals surface area contributed by atoms with Crippen LogP contribution in [0.25, 0.3) is 0 Å². The number of hydrogen-bond acceptors (Lipinski definition) is 4. The zero-order valence-electron chi connectivity index (χ0n) is 7.82. The molecule has 0 spiro atoms. The Morgan fingerprint density at radius 2 is 2.36 bits per heavy atom. The van der Waals surface area contributed by atoms with Crippen LogP contribution in [0.4, 0.5) is 4.79 Å². The highest BCUT2D eigenvalue weighted by Crippen LogP contribution is 2.02. The fraction of sp³-hybridized carbons (Fsp3) is 0.500. The second kappa shape index (κ2) is 4.50. The van der Waals surface area contributed by atoms with Crippen LogP contribution in [0.1, 0.15) is 0 Å². The summed E-state index contributed by atoms with van der Waals surface area (Å²) in [5, 5.41) is 11.6. The third kappa shape index (κ3) is 2.65. The third-order valence-corrected chi connectivity index (χ3v) is 1.86. The van der Waals surface area contributed by atoms with Crippen molar-refractivity contribution in [2.75, 3.05) is 26.7 Å². The minimum absolute atomic E-state index is 0.199. The van der Waals surface area contributed by atoms with Gasteiger partial charge in [-0.15, -0.1) is 0 Å². The number of hydrogen-bond donors (Lipinski definition) is 2. The van der Waals surface area contributed by atoms with Gasteiger partial charge in [-0.05, 0) is 0 Å². The van der Waals surface area contributed by atoms with E-state index in [4.69, 9.17) is 5.11 Å². The van der Waals surface area contributed by atoms with E-state index in [1.165, 1.54) is 18.1 Å². The van der Waals surface area contributed by atoms with Crippen molar-refractivity contribution in [2.24, 2.45) is 0 Å². The van der Waals surface area contributed by atoms with Crippen LogP contribution in [0.3, 0.4) is 0 Å². The lowest BCUT2D eigenvalue weighted by Crippen LogP contribution is -2.44. The van der Waals surface area contributed by atoms with E-state index in [2.05, 4.69) is 10.1 Å².